The van der Waals surface area contributed by atoms with Gasteiger partial charge in [-0.2, -0.15) is 0 Å². The molecule has 0 amide bonds. The lowest BCUT2D eigenvalue weighted by molar-refractivity contribution is 0.405. The standard InChI is InChI=1S/C18H22ClNO4S/c1-18(2,3)12-6-8-13(9-7-12)25(21,22)20-15-11-16(23-4)14(19)10-17(15)24-5/h6-11,20H,1-5H3. The summed E-state index contributed by atoms with van der Waals surface area (Å²) in [6, 6.07) is 9.79. The van der Waals surface area contributed by atoms with Crippen molar-refractivity contribution in [3.8, 4) is 11.5 Å². The van der Waals surface area contributed by atoms with Crippen molar-refractivity contribution in [2.75, 3.05) is 18.9 Å². The number of hydrogen-bond acceptors (Lipinski definition) is 4. The van der Waals surface area contributed by atoms with Crippen LogP contribution in [0.25, 0.3) is 0 Å². The van der Waals surface area contributed by atoms with Crippen LogP contribution < -0.4 is 14.2 Å². The average Bonchev–Trinajstić information content (AvgIpc) is 2.55. The molecule has 0 aliphatic carbocycles. The summed E-state index contributed by atoms with van der Waals surface area (Å²) in [5.41, 5.74) is 1.25. The van der Waals surface area contributed by atoms with Gasteiger partial charge in [-0.05, 0) is 23.1 Å². The summed E-state index contributed by atoms with van der Waals surface area (Å²) >= 11 is 6.05. The van der Waals surface area contributed by atoms with E-state index in [1.807, 2.05) is 12.1 Å². The first-order valence-electron chi connectivity index (χ1n) is 7.63. The second-order valence-corrected chi connectivity index (χ2v) is 8.66. The highest BCUT2D eigenvalue weighted by Crippen LogP contribution is 2.37. The van der Waals surface area contributed by atoms with Crippen LogP contribution >= 0.6 is 11.6 Å². The van der Waals surface area contributed by atoms with Gasteiger partial charge >= 0.3 is 0 Å². The molecule has 2 aromatic carbocycles. The van der Waals surface area contributed by atoms with Gasteiger partial charge < -0.3 is 9.47 Å². The van der Waals surface area contributed by atoms with Crippen molar-refractivity contribution in [3.05, 3.63) is 47.0 Å². The van der Waals surface area contributed by atoms with Gasteiger partial charge in [0.2, 0.25) is 0 Å². The van der Waals surface area contributed by atoms with Gasteiger partial charge in [-0.1, -0.05) is 44.5 Å². The van der Waals surface area contributed by atoms with Crippen LogP contribution in [0.4, 0.5) is 5.69 Å². The highest BCUT2D eigenvalue weighted by Gasteiger charge is 2.20. The van der Waals surface area contributed by atoms with Gasteiger partial charge in [0.05, 0.1) is 29.8 Å². The Kier molecular flexibility index (Phi) is 5.54. The predicted molar refractivity (Wildman–Crippen MR) is 101 cm³/mol. The van der Waals surface area contributed by atoms with Crippen LogP contribution in [0.5, 0.6) is 11.5 Å². The third kappa shape index (κ3) is 4.38. The molecule has 25 heavy (non-hydrogen) atoms. The molecule has 0 saturated carbocycles. The summed E-state index contributed by atoms with van der Waals surface area (Å²) in [4.78, 5) is 0.163. The van der Waals surface area contributed by atoms with Crippen LogP contribution in [0.3, 0.4) is 0 Å². The second-order valence-electron chi connectivity index (χ2n) is 6.57. The fourth-order valence-electron chi connectivity index (χ4n) is 2.28. The fraction of sp³-hybridized carbons (Fsp3) is 0.333. The van der Waals surface area contributed by atoms with Crippen molar-refractivity contribution in [1.82, 2.24) is 0 Å². The maximum absolute atomic E-state index is 12.7. The Bertz CT molecular complexity index is 856. The van der Waals surface area contributed by atoms with Crippen molar-refractivity contribution < 1.29 is 17.9 Å². The van der Waals surface area contributed by atoms with Gasteiger partial charge in [-0.3, -0.25) is 4.72 Å². The Morgan fingerprint density at radius 1 is 0.960 bits per heavy atom. The van der Waals surface area contributed by atoms with Gasteiger partial charge in [0, 0.05) is 12.1 Å². The van der Waals surface area contributed by atoms with E-state index in [0.717, 1.165) is 5.56 Å². The first-order valence-corrected chi connectivity index (χ1v) is 9.49. The number of sulfonamides is 1. The third-order valence-corrected chi connectivity index (χ3v) is 5.43. The SMILES string of the molecule is COc1cc(NS(=O)(=O)c2ccc(C(C)(C)C)cc2)c(OC)cc1Cl. The molecule has 5 nitrogen and oxygen atoms in total. The molecule has 0 unspecified atom stereocenters. The lowest BCUT2D eigenvalue weighted by Crippen LogP contribution is -2.15. The van der Waals surface area contributed by atoms with E-state index in [9.17, 15) is 8.42 Å². The van der Waals surface area contributed by atoms with E-state index in [0.29, 0.717) is 16.5 Å². The van der Waals surface area contributed by atoms with Crippen LogP contribution in [0.1, 0.15) is 26.3 Å². The summed E-state index contributed by atoms with van der Waals surface area (Å²) in [6.07, 6.45) is 0. The van der Waals surface area contributed by atoms with Gasteiger partial charge in [-0.15, -0.1) is 0 Å². The molecule has 0 aromatic heterocycles. The van der Waals surface area contributed by atoms with E-state index in [-0.39, 0.29) is 16.0 Å². The lowest BCUT2D eigenvalue weighted by atomic mass is 9.87. The van der Waals surface area contributed by atoms with Crippen molar-refractivity contribution in [1.29, 1.82) is 0 Å². The Morgan fingerprint density at radius 3 is 2.00 bits per heavy atom. The molecule has 0 atom stereocenters. The maximum Gasteiger partial charge on any atom is 0.262 e. The molecule has 0 radical (unpaired) electrons. The number of hydrogen-bond donors (Lipinski definition) is 1. The monoisotopic (exact) mass is 383 g/mol. The average molecular weight is 384 g/mol. The van der Waals surface area contributed by atoms with E-state index in [2.05, 4.69) is 25.5 Å². The fourth-order valence-corrected chi connectivity index (χ4v) is 3.57. The molecule has 2 rings (SSSR count). The van der Waals surface area contributed by atoms with Crippen LogP contribution in [0, 0.1) is 0 Å². The number of halogens is 1. The minimum atomic E-state index is -3.77. The highest BCUT2D eigenvalue weighted by molar-refractivity contribution is 7.92. The summed E-state index contributed by atoms with van der Waals surface area (Å²) in [6.45, 7) is 6.21. The molecule has 1 N–H and O–H groups in total. The number of nitrogens with one attached hydrogen (secondary N) is 1. The Balaban J connectivity index is 2.39. The van der Waals surface area contributed by atoms with E-state index in [1.165, 1.54) is 26.4 Å². The molecule has 0 fully saturated rings. The molecule has 0 aliphatic rings. The molecule has 0 spiro atoms. The zero-order chi connectivity index (χ0) is 18.8. The Hall–Kier alpha value is -1.92. The lowest BCUT2D eigenvalue weighted by Gasteiger charge is -2.19. The molecule has 7 heteroatoms. The molecular weight excluding hydrogens is 362 g/mol. The Morgan fingerprint density at radius 2 is 1.52 bits per heavy atom. The highest BCUT2D eigenvalue weighted by atomic mass is 35.5. The minimum Gasteiger partial charge on any atom is -0.495 e. The van der Waals surface area contributed by atoms with Crippen LogP contribution in [-0.2, 0) is 15.4 Å². The molecular formula is C18H22ClNO4S. The van der Waals surface area contributed by atoms with Crippen molar-refractivity contribution in [2.24, 2.45) is 0 Å². The van der Waals surface area contributed by atoms with Crippen molar-refractivity contribution in [3.63, 3.8) is 0 Å². The number of rotatable bonds is 5. The van der Waals surface area contributed by atoms with Crippen LogP contribution in [0.2, 0.25) is 5.02 Å². The second kappa shape index (κ2) is 7.14. The molecule has 0 bridgehead atoms. The predicted octanol–water partition coefficient (Wildman–Crippen LogP) is 4.46. The van der Waals surface area contributed by atoms with Gasteiger partial charge in [0.15, 0.2) is 0 Å². The quantitative estimate of drug-likeness (QED) is 0.828. The molecule has 136 valence electrons. The number of benzene rings is 2. The number of anilines is 1. The van der Waals surface area contributed by atoms with Gasteiger partial charge in [0.25, 0.3) is 10.0 Å². The summed E-state index contributed by atoms with van der Waals surface area (Å²) in [7, 11) is -0.881. The van der Waals surface area contributed by atoms with Crippen LogP contribution in [-0.4, -0.2) is 22.6 Å². The van der Waals surface area contributed by atoms with Crippen molar-refractivity contribution >= 4 is 27.3 Å². The van der Waals surface area contributed by atoms with E-state index >= 15 is 0 Å². The van der Waals surface area contributed by atoms with Crippen LogP contribution in [0.15, 0.2) is 41.3 Å². The van der Waals surface area contributed by atoms with E-state index < -0.39 is 10.0 Å². The van der Waals surface area contributed by atoms with E-state index in [4.69, 9.17) is 21.1 Å². The zero-order valence-electron chi connectivity index (χ0n) is 14.9. The first kappa shape index (κ1) is 19.4. The van der Waals surface area contributed by atoms with Gasteiger partial charge in [-0.25, -0.2) is 8.42 Å². The summed E-state index contributed by atoms with van der Waals surface area (Å²) < 4.78 is 38.2. The molecule has 0 heterocycles. The van der Waals surface area contributed by atoms with Crippen molar-refractivity contribution in [2.45, 2.75) is 31.1 Å². The number of methoxy groups -OCH3 is 2. The summed E-state index contributed by atoms with van der Waals surface area (Å²) in [5, 5.41) is 0.330. The first-order chi connectivity index (χ1) is 11.6. The molecule has 2 aromatic rings. The topological polar surface area (TPSA) is 64.6 Å². The Labute approximate surface area is 154 Å². The normalized spacial score (nSPS) is 11.9. The largest absolute Gasteiger partial charge is 0.495 e. The smallest absolute Gasteiger partial charge is 0.262 e. The number of ether oxygens (including phenoxy) is 2. The molecule has 0 saturated heterocycles. The molecule has 0 aliphatic heterocycles. The zero-order valence-corrected chi connectivity index (χ0v) is 16.5. The van der Waals surface area contributed by atoms with E-state index in [1.54, 1.807) is 12.1 Å². The minimum absolute atomic E-state index is 0.0531. The summed E-state index contributed by atoms with van der Waals surface area (Å²) in [5.74, 6) is 0.656. The van der Waals surface area contributed by atoms with Gasteiger partial charge in [0.1, 0.15) is 11.5 Å². The third-order valence-electron chi connectivity index (χ3n) is 3.75. The maximum atomic E-state index is 12.7.